The lowest BCUT2D eigenvalue weighted by molar-refractivity contribution is -0.137. The molecule has 33 heavy (non-hydrogen) atoms. The van der Waals surface area contributed by atoms with Crippen molar-refractivity contribution in [2.75, 3.05) is 19.0 Å². The number of benzene rings is 2. The second kappa shape index (κ2) is 10.2. The SMILES string of the molecule is COC(=O)c1cc(-c2ccc(/C=N\NC(=O)CNc3cccc(C(F)(F)F)c3)o2)ccc1Cl. The van der Waals surface area contributed by atoms with Crippen LogP contribution in [0.15, 0.2) is 64.1 Å². The third-order valence-electron chi connectivity index (χ3n) is 4.31. The molecule has 7 nitrogen and oxygen atoms in total. The molecule has 3 aromatic rings. The Balaban J connectivity index is 1.57. The molecule has 2 N–H and O–H groups in total. The van der Waals surface area contributed by atoms with Gasteiger partial charge < -0.3 is 14.5 Å². The molecular formula is C22H17ClF3N3O4. The van der Waals surface area contributed by atoms with E-state index in [1.165, 1.54) is 37.6 Å². The van der Waals surface area contributed by atoms with Crippen molar-refractivity contribution in [3.8, 4) is 11.3 Å². The summed E-state index contributed by atoms with van der Waals surface area (Å²) in [6.07, 6.45) is -3.22. The first-order valence-corrected chi connectivity index (χ1v) is 9.76. The number of alkyl halides is 3. The number of ether oxygens (including phenoxy) is 1. The van der Waals surface area contributed by atoms with Crippen LogP contribution in [0.25, 0.3) is 11.3 Å². The van der Waals surface area contributed by atoms with E-state index in [1.54, 1.807) is 18.2 Å². The van der Waals surface area contributed by atoms with Crippen LogP contribution in [0.1, 0.15) is 21.7 Å². The summed E-state index contributed by atoms with van der Waals surface area (Å²) in [5, 5.41) is 6.59. The van der Waals surface area contributed by atoms with E-state index < -0.39 is 23.6 Å². The maximum absolute atomic E-state index is 12.7. The molecule has 1 aromatic heterocycles. The number of amides is 1. The molecule has 0 unspecified atom stereocenters. The fourth-order valence-electron chi connectivity index (χ4n) is 2.72. The summed E-state index contributed by atoms with van der Waals surface area (Å²) in [6.45, 7) is -0.289. The van der Waals surface area contributed by atoms with Gasteiger partial charge in [-0.15, -0.1) is 0 Å². The highest BCUT2D eigenvalue weighted by Crippen LogP contribution is 2.30. The minimum absolute atomic E-state index is 0.147. The lowest BCUT2D eigenvalue weighted by Crippen LogP contribution is -2.26. The molecule has 0 aliphatic carbocycles. The largest absolute Gasteiger partial charge is 0.465 e. The van der Waals surface area contributed by atoms with Gasteiger partial charge in [0.2, 0.25) is 0 Å². The van der Waals surface area contributed by atoms with E-state index in [2.05, 4.69) is 20.6 Å². The first-order valence-electron chi connectivity index (χ1n) is 9.38. The number of hydrogen-bond acceptors (Lipinski definition) is 6. The topological polar surface area (TPSA) is 92.9 Å². The summed E-state index contributed by atoms with van der Waals surface area (Å²) in [5.41, 5.74) is 2.33. The van der Waals surface area contributed by atoms with E-state index in [0.29, 0.717) is 17.1 Å². The second-order valence-electron chi connectivity index (χ2n) is 6.61. The van der Waals surface area contributed by atoms with Crippen molar-refractivity contribution in [1.82, 2.24) is 5.43 Å². The van der Waals surface area contributed by atoms with E-state index >= 15 is 0 Å². The van der Waals surface area contributed by atoms with Crippen LogP contribution in [0.2, 0.25) is 5.02 Å². The van der Waals surface area contributed by atoms with Gasteiger partial charge in [-0.2, -0.15) is 18.3 Å². The van der Waals surface area contributed by atoms with Crippen LogP contribution < -0.4 is 10.7 Å². The van der Waals surface area contributed by atoms with Crippen molar-refractivity contribution in [1.29, 1.82) is 0 Å². The molecule has 2 aromatic carbocycles. The maximum Gasteiger partial charge on any atom is 0.416 e. The van der Waals surface area contributed by atoms with Gasteiger partial charge in [0.25, 0.3) is 5.91 Å². The van der Waals surface area contributed by atoms with Crippen molar-refractivity contribution in [2.24, 2.45) is 5.10 Å². The highest BCUT2D eigenvalue weighted by atomic mass is 35.5. The Hall–Kier alpha value is -3.79. The predicted molar refractivity (Wildman–Crippen MR) is 116 cm³/mol. The number of carbonyl (C=O) groups is 2. The van der Waals surface area contributed by atoms with Crippen LogP contribution in [-0.4, -0.2) is 31.7 Å². The van der Waals surface area contributed by atoms with Crippen LogP contribution in [0.4, 0.5) is 18.9 Å². The Morgan fingerprint density at radius 1 is 1.15 bits per heavy atom. The van der Waals surface area contributed by atoms with Gasteiger partial charge in [-0.25, -0.2) is 10.2 Å². The minimum Gasteiger partial charge on any atom is -0.465 e. The molecule has 0 aliphatic heterocycles. The summed E-state index contributed by atoms with van der Waals surface area (Å²) >= 11 is 6.01. The van der Waals surface area contributed by atoms with Crippen LogP contribution in [0.3, 0.4) is 0 Å². The number of nitrogens with one attached hydrogen (secondary N) is 2. The van der Waals surface area contributed by atoms with E-state index in [-0.39, 0.29) is 22.8 Å². The molecule has 0 bridgehead atoms. The molecule has 172 valence electrons. The summed E-state index contributed by atoms with van der Waals surface area (Å²) in [5.74, 6) is -0.422. The highest BCUT2D eigenvalue weighted by Gasteiger charge is 2.30. The monoisotopic (exact) mass is 479 g/mol. The summed E-state index contributed by atoms with van der Waals surface area (Å²) in [7, 11) is 1.25. The zero-order chi connectivity index (χ0) is 24.0. The number of hydrogen-bond donors (Lipinski definition) is 2. The van der Waals surface area contributed by atoms with Crippen molar-refractivity contribution < 1.29 is 31.9 Å². The normalized spacial score (nSPS) is 11.4. The minimum atomic E-state index is -4.47. The molecule has 0 saturated carbocycles. The molecule has 0 aliphatic rings. The smallest absolute Gasteiger partial charge is 0.416 e. The van der Waals surface area contributed by atoms with Gasteiger partial charge in [0.1, 0.15) is 11.5 Å². The van der Waals surface area contributed by atoms with Crippen LogP contribution in [0.5, 0.6) is 0 Å². The standard InChI is InChI=1S/C22H17ClF3N3O4/c1-32-21(31)17-9-13(5-7-18(17)23)19-8-6-16(33-19)11-28-29-20(30)12-27-15-4-2-3-14(10-15)22(24,25)26/h2-11,27H,12H2,1H3,(H,29,30)/b28-11-. The Morgan fingerprint density at radius 2 is 1.94 bits per heavy atom. The number of rotatable bonds is 7. The zero-order valence-corrected chi connectivity index (χ0v) is 17.8. The molecular weight excluding hydrogens is 463 g/mol. The maximum atomic E-state index is 12.7. The van der Waals surface area contributed by atoms with E-state index in [0.717, 1.165) is 12.1 Å². The van der Waals surface area contributed by atoms with E-state index in [4.69, 9.17) is 16.0 Å². The van der Waals surface area contributed by atoms with Crippen molar-refractivity contribution >= 4 is 35.4 Å². The molecule has 3 rings (SSSR count). The number of furan rings is 1. The van der Waals surface area contributed by atoms with Gasteiger partial charge in [-0.05, 0) is 48.5 Å². The van der Waals surface area contributed by atoms with Gasteiger partial charge in [-0.3, -0.25) is 4.79 Å². The number of hydrazone groups is 1. The lowest BCUT2D eigenvalue weighted by atomic mass is 10.1. The number of anilines is 1. The van der Waals surface area contributed by atoms with Gasteiger partial charge >= 0.3 is 12.1 Å². The average molecular weight is 480 g/mol. The van der Waals surface area contributed by atoms with Crippen molar-refractivity contribution in [2.45, 2.75) is 6.18 Å². The first kappa shape index (κ1) is 23.9. The third-order valence-corrected chi connectivity index (χ3v) is 4.64. The average Bonchev–Trinajstić information content (AvgIpc) is 3.26. The Kier molecular flexibility index (Phi) is 7.39. The summed E-state index contributed by atoms with van der Waals surface area (Å²) < 4.78 is 48.5. The van der Waals surface area contributed by atoms with Gasteiger partial charge in [0.15, 0.2) is 0 Å². The number of methoxy groups -OCH3 is 1. The Morgan fingerprint density at radius 3 is 2.67 bits per heavy atom. The van der Waals surface area contributed by atoms with Crippen molar-refractivity contribution in [3.63, 3.8) is 0 Å². The highest BCUT2D eigenvalue weighted by molar-refractivity contribution is 6.33. The third kappa shape index (κ3) is 6.36. The first-order chi connectivity index (χ1) is 15.7. The molecule has 1 amide bonds. The molecule has 1 heterocycles. The summed E-state index contributed by atoms with van der Waals surface area (Å²) in [6, 6.07) is 12.5. The van der Waals surface area contributed by atoms with Gasteiger partial charge in [0, 0.05) is 11.3 Å². The lowest BCUT2D eigenvalue weighted by Gasteiger charge is -2.09. The summed E-state index contributed by atoms with van der Waals surface area (Å²) in [4.78, 5) is 23.7. The second-order valence-corrected chi connectivity index (χ2v) is 7.02. The molecule has 0 saturated heterocycles. The zero-order valence-electron chi connectivity index (χ0n) is 17.1. The number of esters is 1. The molecule has 0 atom stereocenters. The fourth-order valence-corrected chi connectivity index (χ4v) is 2.91. The predicted octanol–water partition coefficient (Wildman–Crippen LogP) is 4.97. The molecule has 0 radical (unpaired) electrons. The van der Waals surface area contributed by atoms with E-state index in [1.807, 2.05) is 0 Å². The molecule has 0 spiro atoms. The fraction of sp³-hybridized carbons (Fsp3) is 0.136. The van der Waals surface area contributed by atoms with Gasteiger partial charge in [-0.1, -0.05) is 17.7 Å². The quantitative estimate of drug-likeness (QED) is 0.283. The van der Waals surface area contributed by atoms with Crippen LogP contribution in [-0.2, 0) is 15.7 Å². The molecule has 11 heteroatoms. The van der Waals surface area contributed by atoms with Crippen LogP contribution >= 0.6 is 11.6 Å². The number of nitrogens with zero attached hydrogens (tertiary/aromatic N) is 1. The number of carbonyl (C=O) groups excluding carboxylic acids is 2. The molecule has 0 fully saturated rings. The van der Waals surface area contributed by atoms with Crippen molar-refractivity contribution in [3.05, 3.63) is 76.5 Å². The Bertz CT molecular complexity index is 1190. The van der Waals surface area contributed by atoms with Gasteiger partial charge in [0.05, 0.1) is 36.0 Å². The van der Waals surface area contributed by atoms with Crippen LogP contribution in [0, 0.1) is 0 Å². The van der Waals surface area contributed by atoms with E-state index in [9.17, 15) is 22.8 Å². The Labute approximate surface area is 191 Å². The number of halogens is 4.